The number of anilines is 1. The number of fused-ring (bicyclic) bond motifs is 1. The maximum atomic E-state index is 13.1. The minimum Gasteiger partial charge on any atom is -0.463 e. The highest BCUT2D eigenvalue weighted by molar-refractivity contribution is 6.31. The van der Waals surface area contributed by atoms with E-state index in [1.165, 1.54) is 29.2 Å². The summed E-state index contributed by atoms with van der Waals surface area (Å²) >= 11 is 6.43. The lowest BCUT2D eigenvalue weighted by Gasteiger charge is -2.29. The quantitative estimate of drug-likeness (QED) is 0.375. The van der Waals surface area contributed by atoms with Crippen molar-refractivity contribution in [2.45, 2.75) is 13.0 Å². The fraction of sp³-hybridized carbons (Fsp3) is 0.150. The van der Waals surface area contributed by atoms with Crippen molar-refractivity contribution in [1.82, 2.24) is 14.8 Å². The van der Waals surface area contributed by atoms with Crippen molar-refractivity contribution in [2.75, 3.05) is 11.9 Å². The average Bonchev–Trinajstić information content (AvgIpc) is 3.22. The lowest BCUT2D eigenvalue weighted by atomic mass is 9.92. The summed E-state index contributed by atoms with van der Waals surface area (Å²) in [5.41, 5.74) is 1.61. The minimum absolute atomic E-state index is 0.154. The van der Waals surface area contributed by atoms with Gasteiger partial charge >= 0.3 is 5.97 Å². The zero-order valence-corrected chi connectivity index (χ0v) is 16.5. The first-order valence-corrected chi connectivity index (χ1v) is 9.46. The third kappa shape index (κ3) is 3.39. The molecular formula is C20H16ClN5O4. The predicted molar refractivity (Wildman–Crippen MR) is 110 cm³/mol. The summed E-state index contributed by atoms with van der Waals surface area (Å²) in [6.45, 7) is 1.86. The number of nitrogens with zero attached hydrogens (tertiary/aromatic N) is 4. The summed E-state index contributed by atoms with van der Waals surface area (Å²) in [6.07, 6.45) is 1.33. The molecule has 1 unspecified atom stereocenters. The number of hydrogen-bond donors (Lipinski definition) is 1. The average molecular weight is 426 g/mol. The van der Waals surface area contributed by atoms with Gasteiger partial charge in [0.15, 0.2) is 0 Å². The van der Waals surface area contributed by atoms with Gasteiger partial charge in [-0.2, -0.15) is 10.1 Å². The molecule has 1 N–H and O–H groups in total. The molecule has 0 fully saturated rings. The van der Waals surface area contributed by atoms with Crippen LogP contribution < -0.4 is 5.32 Å². The van der Waals surface area contributed by atoms with E-state index in [-0.39, 0.29) is 22.9 Å². The second-order valence-electron chi connectivity index (χ2n) is 6.39. The third-order valence-electron chi connectivity index (χ3n) is 4.64. The van der Waals surface area contributed by atoms with Crippen LogP contribution in [-0.2, 0) is 9.53 Å². The lowest BCUT2D eigenvalue weighted by molar-refractivity contribution is -0.384. The van der Waals surface area contributed by atoms with E-state index in [1.54, 1.807) is 6.92 Å². The minimum atomic E-state index is -0.870. The summed E-state index contributed by atoms with van der Waals surface area (Å²) in [6, 6.07) is 12.4. The van der Waals surface area contributed by atoms with Crippen LogP contribution in [0.3, 0.4) is 0 Å². The first-order chi connectivity index (χ1) is 14.5. The van der Waals surface area contributed by atoms with Crippen LogP contribution in [0.5, 0.6) is 0 Å². The van der Waals surface area contributed by atoms with Crippen molar-refractivity contribution in [3.8, 4) is 0 Å². The zero-order valence-electron chi connectivity index (χ0n) is 15.8. The number of carbonyl (C=O) groups excluding carboxylic acids is 1. The molecule has 0 saturated carbocycles. The Labute approximate surface area is 176 Å². The van der Waals surface area contributed by atoms with Crippen molar-refractivity contribution in [3.63, 3.8) is 0 Å². The molecule has 152 valence electrons. The molecule has 1 atom stereocenters. The topological polar surface area (TPSA) is 112 Å². The van der Waals surface area contributed by atoms with Crippen molar-refractivity contribution in [2.24, 2.45) is 0 Å². The van der Waals surface area contributed by atoms with Gasteiger partial charge in [0, 0.05) is 22.7 Å². The summed E-state index contributed by atoms with van der Waals surface area (Å²) in [5, 5.41) is 19.0. The molecule has 0 saturated heterocycles. The highest BCUT2D eigenvalue weighted by atomic mass is 35.5. The van der Waals surface area contributed by atoms with E-state index in [2.05, 4.69) is 15.4 Å². The number of hydrogen-bond acceptors (Lipinski definition) is 7. The van der Waals surface area contributed by atoms with Crippen LogP contribution in [0.2, 0.25) is 5.02 Å². The maximum absolute atomic E-state index is 13.1. The largest absolute Gasteiger partial charge is 0.463 e. The van der Waals surface area contributed by atoms with Crippen LogP contribution in [0.1, 0.15) is 24.1 Å². The number of nitro benzene ring substituents is 1. The van der Waals surface area contributed by atoms with E-state index in [0.717, 1.165) is 5.56 Å². The van der Waals surface area contributed by atoms with Crippen molar-refractivity contribution >= 4 is 34.9 Å². The fourth-order valence-corrected chi connectivity index (χ4v) is 3.58. The number of nitrogens with one attached hydrogen (secondary N) is 1. The number of halogens is 1. The molecule has 10 heteroatoms. The highest BCUT2D eigenvalue weighted by Gasteiger charge is 2.37. The molecule has 30 heavy (non-hydrogen) atoms. The van der Waals surface area contributed by atoms with Crippen LogP contribution in [-0.4, -0.2) is 32.3 Å². The van der Waals surface area contributed by atoms with Crippen molar-refractivity contribution < 1.29 is 14.5 Å². The van der Waals surface area contributed by atoms with Gasteiger partial charge in [0.1, 0.15) is 12.4 Å². The van der Waals surface area contributed by atoms with Gasteiger partial charge in [-0.05, 0) is 18.6 Å². The van der Waals surface area contributed by atoms with Gasteiger partial charge < -0.3 is 10.1 Å². The first-order valence-electron chi connectivity index (χ1n) is 9.08. The van der Waals surface area contributed by atoms with Gasteiger partial charge in [-0.15, -0.1) is 0 Å². The summed E-state index contributed by atoms with van der Waals surface area (Å²) in [5.74, 6) is -0.216. The predicted octanol–water partition coefficient (Wildman–Crippen LogP) is 3.83. The van der Waals surface area contributed by atoms with Gasteiger partial charge in [-0.1, -0.05) is 41.9 Å². The normalized spacial score (nSPS) is 15.3. The number of nitro groups is 1. The molecule has 2 aromatic carbocycles. The van der Waals surface area contributed by atoms with Gasteiger partial charge in [-0.25, -0.2) is 9.48 Å². The molecule has 4 rings (SSSR count). The van der Waals surface area contributed by atoms with Gasteiger partial charge in [0.2, 0.25) is 5.95 Å². The molecule has 9 nitrogen and oxygen atoms in total. The molecule has 2 heterocycles. The third-order valence-corrected chi connectivity index (χ3v) is 4.98. The SMILES string of the molecule is CCOC(=O)C1=C(c2ccccc2)Nc2ncnn2C1c1cc([N+](=O)[O-])ccc1Cl. The van der Waals surface area contributed by atoms with Crippen LogP contribution in [0.15, 0.2) is 60.4 Å². The Hall–Kier alpha value is -3.72. The number of aromatic nitrogens is 3. The number of non-ortho nitro benzene ring substituents is 1. The van der Waals surface area contributed by atoms with E-state index in [4.69, 9.17) is 16.3 Å². The van der Waals surface area contributed by atoms with E-state index in [1.807, 2.05) is 30.3 Å². The molecule has 0 radical (unpaired) electrons. The molecule has 3 aromatic rings. The van der Waals surface area contributed by atoms with Crippen LogP contribution >= 0.6 is 11.6 Å². The van der Waals surface area contributed by atoms with Crippen molar-refractivity contribution in [1.29, 1.82) is 0 Å². The van der Waals surface area contributed by atoms with Crippen LogP contribution in [0.25, 0.3) is 5.70 Å². The monoisotopic (exact) mass is 425 g/mol. The summed E-state index contributed by atoms with van der Waals surface area (Å²) in [7, 11) is 0. The molecule has 0 bridgehead atoms. The zero-order chi connectivity index (χ0) is 21.3. The molecule has 0 spiro atoms. The Bertz CT molecular complexity index is 1160. The van der Waals surface area contributed by atoms with Gasteiger partial charge in [0.25, 0.3) is 5.69 Å². The molecule has 0 amide bonds. The fourth-order valence-electron chi connectivity index (χ4n) is 3.36. The van der Waals surface area contributed by atoms with E-state index in [9.17, 15) is 14.9 Å². The summed E-state index contributed by atoms with van der Waals surface area (Å²) < 4.78 is 6.78. The number of esters is 1. The van der Waals surface area contributed by atoms with E-state index < -0.39 is 16.9 Å². The molecule has 1 aromatic heterocycles. The Morgan fingerprint density at radius 1 is 1.30 bits per heavy atom. The van der Waals surface area contributed by atoms with Gasteiger partial charge in [-0.3, -0.25) is 10.1 Å². The number of ether oxygens (including phenoxy) is 1. The molecule has 0 aliphatic carbocycles. The second-order valence-corrected chi connectivity index (χ2v) is 6.80. The maximum Gasteiger partial charge on any atom is 0.338 e. The van der Waals surface area contributed by atoms with Crippen molar-refractivity contribution in [3.05, 3.63) is 86.7 Å². The smallest absolute Gasteiger partial charge is 0.338 e. The van der Waals surface area contributed by atoms with Crippen LogP contribution in [0, 0.1) is 10.1 Å². The highest BCUT2D eigenvalue weighted by Crippen LogP contribution is 2.41. The van der Waals surface area contributed by atoms with Crippen LogP contribution in [0.4, 0.5) is 11.6 Å². The molecular weight excluding hydrogens is 410 g/mol. The number of carbonyl (C=O) groups is 1. The second kappa shape index (κ2) is 7.96. The molecule has 1 aliphatic heterocycles. The molecule has 1 aliphatic rings. The standard InChI is InChI=1S/C20H16ClN5O4/c1-2-30-19(27)16-17(12-6-4-3-5-7-12)24-20-22-11-23-25(20)18(16)14-10-13(26(28)29)8-9-15(14)21/h3-11,18H,2H2,1H3,(H,22,23,24). The Morgan fingerprint density at radius 3 is 2.77 bits per heavy atom. The first kappa shape index (κ1) is 19.6. The number of rotatable bonds is 5. The number of benzene rings is 2. The Balaban J connectivity index is 2.01. The van der Waals surface area contributed by atoms with E-state index in [0.29, 0.717) is 17.2 Å². The lowest BCUT2D eigenvalue weighted by Crippen LogP contribution is -2.30. The van der Waals surface area contributed by atoms with Gasteiger partial charge in [0.05, 0.1) is 22.8 Å². The Morgan fingerprint density at radius 2 is 2.07 bits per heavy atom. The Kier molecular flexibility index (Phi) is 5.20. The van der Waals surface area contributed by atoms with E-state index >= 15 is 0 Å². The summed E-state index contributed by atoms with van der Waals surface area (Å²) in [4.78, 5) is 28.1.